The van der Waals surface area contributed by atoms with Gasteiger partial charge in [-0.3, -0.25) is 4.79 Å². The van der Waals surface area contributed by atoms with Gasteiger partial charge in [0.1, 0.15) is 17.2 Å². The number of hydrogen-bond donors (Lipinski definition) is 2. The topological polar surface area (TPSA) is 98.8 Å². The van der Waals surface area contributed by atoms with Crippen molar-refractivity contribution in [3.05, 3.63) is 71.9 Å². The monoisotopic (exact) mass is 407 g/mol. The van der Waals surface area contributed by atoms with Crippen LogP contribution in [0.15, 0.2) is 60.8 Å². The van der Waals surface area contributed by atoms with Gasteiger partial charge in [0, 0.05) is 24.9 Å². The molecule has 0 radical (unpaired) electrons. The third-order valence-electron chi connectivity index (χ3n) is 4.04. The number of anilines is 1. The van der Waals surface area contributed by atoms with E-state index >= 15 is 0 Å². The number of carbonyl (C=O) groups is 2. The zero-order valence-electron chi connectivity index (χ0n) is 16.8. The number of carbonyl (C=O) groups excluding carboxylic acids is 2. The van der Waals surface area contributed by atoms with E-state index in [0.29, 0.717) is 28.5 Å². The quantitative estimate of drug-likeness (QED) is 0.637. The Kier molecular flexibility index (Phi) is 6.49. The summed E-state index contributed by atoms with van der Waals surface area (Å²) in [5, 5.41) is 5.19. The minimum absolute atomic E-state index is 0.0901. The highest BCUT2D eigenvalue weighted by molar-refractivity contribution is 6.05. The first-order valence-corrected chi connectivity index (χ1v) is 9.08. The van der Waals surface area contributed by atoms with Crippen molar-refractivity contribution in [1.29, 1.82) is 0 Å². The van der Waals surface area contributed by atoms with E-state index in [1.54, 1.807) is 43.5 Å². The Balaban J connectivity index is 1.75. The van der Waals surface area contributed by atoms with Crippen LogP contribution in [0.4, 0.5) is 10.5 Å². The molecule has 0 aliphatic carbocycles. The molecule has 0 unspecified atom stereocenters. The smallest absolute Gasteiger partial charge is 0.413 e. The predicted molar refractivity (Wildman–Crippen MR) is 112 cm³/mol. The summed E-state index contributed by atoms with van der Waals surface area (Å²) in [7, 11) is 3.00. The van der Waals surface area contributed by atoms with Gasteiger partial charge in [-0.05, 0) is 48.9 Å². The lowest BCUT2D eigenvalue weighted by Gasteiger charge is -2.12. The van der Waals surface area contributed by atoms with Gasteiger partial charge in [0.25, 0.3) is 5.91 Å². The van der Waals surface area contributed by atoms with E-state index < -0.39 is 6.09 Å². The molecule has 0 saturated heterocycles. The van der Waals surface area contributed by atoms with E-state index in [4.69, 9.17) is 14.2 Å². The maximum Gasteiger partial charge on any atom is 0.413 e. The lowest BCUT2D eigenvalue weighted by Crippen LogP contribution is -2.22. The molecule has 0 fully saturated rings. The zero-order chi connectivity index (χ0) is 21.5. The Morgan fingerprint density at radius 2 is 1.80 bits per heavy atom. The number of hydrogen-bond acceptors (Lipinski definition) is 6. The average molecular weight is 407 g/mol. The number of amides is 2. The van der Waals surface area contributed by atoms with Gasteiger partial charge in [0.2, 0.25) is 5.88 Å². The van der Waals surface area contributed by atoms with Crippen LogP contribution >= 0.6 is 0 Å². The van der Waals surface area contributed by atoms with Crippen LogP contribution in [0.5, 0.6) is 23.1 Å². The molecule has 2 amide bonds. The van der Waals surface area contributed by atoms with Crippen molar-refractivity contribution in [3.8, 4) is 23.1 Å². The normalized spacial score (nSPS) is 10.1. The van der Waals surface area contributed by atoms with Crippen molar-refractivity contribution in [2.24, 2.45) is 0 Å². The molecule has 0 spiro atoms. The van der Waals surface area contributed by atoms with Crippen LogP contribution in [-0.2, 0) is 0 Å². The van der Waals surface area contributed by atoms with Gasteiger partial charge in [-0.15, -0.1) is 0 Å². The summed E-state index contributed by atoms with van der Waals surface area (Å²) in [5.41, 5.74) is 1.99. The summed E-state index contributed by atoms with van der Waals surface area (Å²) in [4.78, 5) is 28.0. The highest BCUT2D eigenvalue weighted by Crippen LogP contribution is 2.27. The number of aryl methyl sites for hydroxylation is 1. The van der Waals surface area contributed by atoms with E-state index in [0.717, 1.165) is 5.56 Å². The van der Waals surface area contributed by atoms with Crippen LogP contribution in [0, 0.1) is 6.92 Å². The average Bonchev–Trinajstić information content (AvgIpc) is 2.74. The molecule has 0 saturated carbocycles. The molecule has 3 aromatic rings. The lowest BCUT2D eigenvalue weighted by atomic mass is 10.1. The second kappa shape index (κ2) is 9.42. The Morgan fingerprint density at radius 1 is 1.00 bits per heavy atom. The van der Waals surface area contributed by atoms with Gasteiger partial charge in [-0.1, -0.05) is 12.1 Å². The molecule has 154 valence electrons. The van der Waals surface area contributed by atoms with Gasteiger partial charge >= 0.3 is 6.09 Å². The van der Waals surface area contributed by atoms with Gasteiger partial charge in [0.05, 0.1) is 12.8 Å². The standard InChI is InChI=1S/C22H21N3O5/c1-14-7-8-19(28-3)18(11-14)25-21(26)15-5-4-6-16(12-15)29-17-9-10-24-20(13-17)30-22(27)23-2/h4-13H,1-3H3,(H,23,27)(H,25,26). The van der Waals surface area contributed by atoms with E-state index in [2.05, 4.69) is 15.6 Å². The van der Waals surface area contributed by atoms with Crippen LogP contribution in [-0.4, -0.2) is 31.1 Å². The SMILES string of the molecule is CNC(=O)Oc1cc(Oc2cccc(C(=O)Nc3cc(C)ccc3OC)c2)ccn1. The minimum Gasteiger partial charge on any atom is -0.495 e. The fraction of sp³-hybridized carbons (Fsp3) is 0.136. The lowest BCUT2D eigenvalue weighted by molar-refractivity contribution is 0.102. The summed E-state index contributed by atoms with van der Waals surface area (Å²) in [6, 6.07) is 15.3. The maximum atomic E-state index is 12.7. The van der Waals surface area contributed by atoms with Crippen molar-refractivity contribution in [2.45, 2.75) is 6.92 Å². The van der Waals surface area contributed by atoms with Crippen LogP contribution in [0.1, 0.15) is 15.9 Å². The molecular formula is C22H21N3O5. The van der Waals surface area contributed by atoms with E-state index in [-0.39, 0.29) is 11.8 Å². The number of ether oxygens (including phenoxy) is 3. The number of aromatic nitrogens is 1. The third kappa shape index (κ3) is 5.26. The van der Waals surface area contributed by atoms with Gasteiger partial charge in [-0.2, -0.15) is 0 Å². The number of methoxy groups -OCH3 is 1. The molecule has 1 heterocycles. The second-order valence-electron chi connectivity index (χ2n) is 6.26. The van der Waals surface area contributed by atoms with E-state index in [9.17, 15) is 9.59 Å². The number of nitrogens with zero attached hydrogens (tertiary/aromatic N) is 1. The second-order valence-corrected chi connectivity index (χ2v) is 6.26. The Bertz CT molecular complexity index is 1070. The highest BCUT2D eigenvalue weighted by atomic mass is 16.6. The van der Waals surface area contributed by atoms with Gasteiger partial charge < -0.3 is 24.8 Å². The molecule has 30 heavy (non-hydrogen) atoms. The minimum atomic E-state index is -0.634. The molecule has 8 nitrogen and oxygen atoms in total. The number of rotatable bonds is 6. The molecule has 3 rings (SSSR count). The molecule has 1 aromatic heterocycles. The Morgan fingerprint density at radius 3 is 2.57 bits per heavy atom. The molecule has 0 atom stereocenters. The summed E-state index contributed by atoms with van der Waals surface area (Å²) in [5.74, 6) is 1.20. The zero-order valence-corrected chi connectivity index (χ0v) is 16.8. The fourth-order valence-corrected chi connectivity index (χ4v) is 2.61. The van der Waals surface area contributed by atoms with Crippen molar-refractivity contribution in [2.75, 3.05) is 19.5 Å². The summed E-state index contributed by atoms with van der Waals surface area (Å²) in [6.07, 6.45) is 0.818. The first kappa shape index (κ1) is 20.7. The molecule has 0 aliphatic heterocycles. The summed E-state index contributed by atoms with van der Waals surface area (Å²) < 4.78 is 16.1. The molecule has 8 heteroatoms. The van der Waals surface area contributed by atoms with Gasteiger partial charge in [-0.25, -0.2) is 9.78 Å². The van der Waals surface area contributed by atoms with E-state index in [1.165, 1.54) is 19.3 Å². The van der Waals surface area contributed by atoms with Crippen LogP contribution < -0.4 is 24.8 Å². The maximum absolute atomic E-state index is 12.7. The van der Waals surface area contributed by atoms with Crippen LogP contribution in [0.2, 0.25) is 0 Å². The number of benzene rings is 2. The van der Waals surface area contributed by atoms with Crippen molar-refractivity contribution >= 4 is 17.7 Å². The molecule has 2 N–H and O–H groups in total. The first-order chi connectivity index (χ1) is 14.5. The highest BCUT2D eigenvalue weighted by Gasteiger charge is 2.12. The van der Waals surface area contributed by atoms with Crippen molar-refractivity contribution in [1.82, 2.24) is 10.3 Å². The van der Waals surface area contributed by atoms with E-state index in [1.807, 2.05) is 19.1 Å². The molecular weight excluding hydrogens is 386 g/mol. The molecule has 0 bridgehead atoms. The third-order valence-corrected chi connectivity index (χ3v) is 4.04. The molecule has 2 aromatic carbocycles. The van der Waals surface area contributed by atoms with Crippen molar-refractivity contribution in [3.63, 3.8) is 0 Å². The molecule has 0 aliphatic rings. The summed E-state index contributed by atoms with van der Waals surface area (Å²) >= 11 is 0. The van der Waals surface area contributed by atoms with Crippen LogP contribution in [0.3, 0.4) is 0 Å². The first-order valence-electron chi connectivity index (χ1n) is 9.08. The summed E-state index contributed by atoms with van der Waals surface area (Å²) in [6.45, 7) is 1.93. The Labute approximate surface area is 173 Å². The van der Waals surface area contributed by atoms with Crippen LogP contribution in [0.25, 0.3) is 0 Å². The Hall–Kier alpha value is -4.07. The van der Waals surface area contributed by atoms with Crippen molar-refractivity contribution < 1.29 is 23.8 Å². The fourth-order valence-electron chi connectivity index (χ4n) is 2.61. The predicted octanol–water partition coefficient (Wildman–Crippen LogP) is 4.16. The van der Waals surface area contributed by atoms with Gasteiger partial charge in [0.15, 0.2) is 0 Å². The largest absolute Gasteiger partial charge is 0.495 e. The number of nitrogens with one attached hydrogen (secondary N) is 2. The number of pyridine rings is 1.